The second kappa shape index (κ2) is 7.85. The molecule has 9 heteroatoms. The van der Waals surface area contributed by atoms with Crippen LogP contribution in [0.5, 0.6) is 0 Å². The lowest BCUT2D eigenvalue weighted by Gasteiger charge is -2.31. The number of aliphatic hydroxyl groups is 1. The first-order chi connectivity index (χ1) is 12.9. The van der Waals surface area contributed by atoms with Gasteiger partial charge in [-0.05, 0) is 12.5 Å². The Labute approximate surface area is 156 Å². The number of carbonyl (C=O) groups excluding carboxylic acids is 2. The molecule has 1 atom stereocenters. The molecule has 0 aromatic heterocycles. The molecule has 1 N–H and O–H groups in total. The van der Waals surface area contributed by atoms with Gasteiger partial charge in [0.25, 0.3) is 11.6 Å². The lowest BCUT2D eigenvalue weighted by molar-refractivity contribution is -0.384. The van der Waals surface area contributed by atoms with Crippen LogP contribution in [0.2, 0.25) is 0 Å². The first kappa shape index (κ1) is 19.0. The molecule has 2 aliphatic heterocycles. The van der Waals surface area contributed by atoms with Crippen molar-refractivity contribution < 1.29 is 24.4 Å². The number of nitro groups is 1. The van der Waals surface area contributed by atoms with Gasteiger partial charge in [0.1, 0.15) is 0 Å². The van der Waals surface area contributed by atoms with Crippen molar-refractivity contribution in [3.05, 3.63) is 51.3 Å². The number of amides is 1. The van der Waals surface area contributed by atoms with E-state index in [9.17, 15) is 24.8 Å². The summed E-state index contributed by atoms with van der Waals surface area (Å²) in [4.78, 5) is 38.8. The maximum Gasteiger partial charge on any atom is 0.290 e. The predicted octanol–water partition coefficient (Wildman–Crippen LogP) is 1.21. The fourth-order valence-electron chi connectivity index (χ4n) is 3.47. The Balaban J connectivity index is 1.91. The van der Waals surface area contributed by atoms with Crippen LogP contribution in [0.25, 0.3) is 0 Å². The van der Waals surface area contributed by atoms with E-state index < -0.39 is 28.4 Å². The molecule has 1 saturated heterocycles. The maximum atomic E-state index is 12.6. The topological polar surface area (TPSA) is 113 Å². The van der Waals surface area contributed by atoms with Gasteiger partial charge in [-0.15, -0.1) is 0 Å². The molecule has 0 bridgehead atoms. The standard InChI is InChI=1S/C18H21N3O6/c1-12(22)15-16(13-3-2-4-14(11-13)21(25)26)20(18(24)17(15)23)6-5-19-7-9-27-10-8-19/h2-4,11,16,23H,5-10H2,1H3/t16-/m1/s1. The molecule has 144 valence electrons. The smallest absolute Gasteiger partial charge is 0.290 e. The van der Waals surface area contributed by atoms with Gasteiger partial charge in [0, 0.05) is 38.3 Å². The molecule has 0 radical (unpaired) electrons. The highest BCUT2D eigenvalue weighted by molar-refractivity contribution is 6.08. The Kier molecular flexibility index (Phi) is 5.52. The van der Waals surface area contributed by atoms with Crippen LogP contribution in [-0.2, 0) is 14.3 Å². The summed E-state index contributed by atoms with van der Waals surface area (Å²) < 4.78 is 5.31. The van der Waals surface area contributed by atoms with E-state index in [1.807, 2.05) is 0 Å². The van der Waals surface area contributed by atoms with Crippen LogP contribution in [0.4, 0.5) is 5.69 Å². The highest BCUT2D eigenvalue weighted by Gasteiger charge is 2.42. The van der Waals surface area contributed by atoms with Crippen LogP contribution in [0.3, 0.4) is 0 Å². The Bertz CT molecular complexity index is 800. The van der Waals surface area contributed by atoms with Crippen LogP contribution >= 0.6 is 0 Å². The summed E-state index contributed by atoms with van der Waals surface area (Å²) in [7, 11) is 0. The van der Waals surface area contributed by atoms with E-state index in [-0.39, 0.29) is 17.8 Å². The lowest BCUT2D eigenvalue weighted by Crippen LogP contribution is -2.43. The molecule has 1 amide bonds. The Morgan fingerprint density at radius 3 is 2.67 bits per heavy atom. The monoisotopic (exact) mass is 375 g/mol. The number of rotatable bonds is 6. The number of ketones is 1. The molecule has 27 heavy (non-hydrogen) atoms. The van der Waals surface area contributed by atoms with Crippen molar-refractivity contribution >= 4 is 17.4 Å². The summed E-state index contributed by atoms with van der Waals surface area (Å²) in [6, 6.07) is 4.96. The van der Waals surface area contributed by atoms with E-state index in [1.165, 1.54) is 30.0 Å². The van der Waals surface area contributed by atoms with Crippen LogP contribution in [0.15, 0.2) is 35.6 Å². The third-order valence-corrected chi connectivity index (χ3v) is 4.84. The zero-order chi connectivity index (χ0) is 19.6. The van der Waals surface area contributed by atoms with Gasteiger partial charge in [-0.3, -0.25) is 24.6 Å². The number of nitro benzene ring substituents is 1. The number of ether oxygens (including phenoxy) is 1. The maximum absolute atomic E-state index is 12.6. The molecule has 9 nitrogen and oxygen atoms in total. The van der Waals surface area contributed by atoms with Crippen LogP contribution in [0.1, 0.15) is 18.5 Å². The largest absolute Gasteiger partial charge is 0.503 e. The number of non-ortho nitro benzene ring substituents is 1. The average molecular weight is 375 g/mol. The molecule has 2 aliphatic rings. The minimum absolute atomic E-state index is 0.0255. The fourth-order valence-corrected chi connectivity index (χ4v) is 3.47. The molecule has 3 rings (SSSR count). The number of hydrogen-bond donors (Lipinski definition) is 1. The van der Waals surface area contributed by atoms with Crippen molar-refractivity contribution in [2.45, 2.75) is 13.0 Å². The summed E-state index contributed by atoms with van der Waals surface area (Å²) in [5.41, 5.74) is 0.263. The Morgan fingerprint density at radius 1 is 1.33 bits per heavy atom. The lowest BCUT2D eigenvalue weighted by atomic mass is 9.96. The molecule has 1 aromatic rings. The van der Waals surface area contributed by atoms with Gasteiger partial charge < -0.3 is 14.7 Å². The first-order valence-electron chi connectivity index (χ1n) is 8.69. The fraction of sp³-hybridized carbons (Fsp3) is 0.444. The van der Waals surface area contributed by atoms with Gasteiger partial charge in [0.2, 0.25) is 0 Å². The number of Topliss-reactive ketones (excluding diaryl/α,β-unsaturated/α-hetero) is 1. The second-order valence-corrected chi connectivity index (χ2v) is 6.53. The summed E-state index contributed by atoms with van der Waals surface area (Å²) in [5, 5.41) is 21.3. The molecular formula is C18H21N3O6. The zero-order valence-corrected chi connectivity index (χ0v) is 15.0. The summed E-state index contributed by atoms with van der Waals surface area (Å²) >= 11 is 0. The minimum atomic E-state index is -0.837. The van der Waals surface area contributed by atoms with E-state index in [0.717, 1.165) is 13.1 Å². The third-order valence-electron chi connectivity index (χ3n) is 4.84. The van der Waals surface area contributed by atoms with Gasteiger partial charge >= 0.3 is 0 Å². The molecule has 1 fully saturated rings. The van der Waals surface area contributed by atoms with E-state index >= 15 is 0 Å². The highest BCUT2D eigenvalue weighted by Crippen LogP contribution is 2.38. The molecule has 1 aromatic carbocycles. The number of nitrogens with zero attached hydrogens (tertiary/aromatic N) is 3. The minimum Gasteiger partial charge on any atom is -0.503 e. The van der Waals surface area contributed by atoms with Crippen LogP contribution < -0.4 is 0 Å². The van der Waals surface area contributed by atoms with Gasteiger partial charge in [-0.1, -0.05) is 12.1 Å². The van der Waals surface area contributed by atoms with Crippen molar-refractivity contribution in [1.82, 2.24) is 9.80 Å². The number of hydrogen-bond acceptors (Lipinski definition) is 7. The summed E-state index contributed by atoms with van der Waals surface area (Å²) in [5.74, 6) is -1.66. The van der Waals surface area contributed by atoms with E-state index in [0.29, 0.717) is 25.3 Å². The van der Waals surface area contributed by atoms with Crippen molar-refractivity contribution in [3.8, 4) is 0 Å². The number of benzene rings is 1. The van der Waals surface area contributed by atoms with Crippen LogP contribution in [-0.4, -0.2) is 70.9 Å². The van der Waals surface area contributed by atoms with Crippen molar-refractivity contribution in [1.29, 1.82) is 0 Å². The van der Waals surface area contributed by atoms with E-state index in [4.69, 9.17) is 4.74 Å². The molecule has 0 saturated carbocycles. The third kappa shape index (κ3) is 3.83. The van der Waals surface area contributed by atoms with Gasteiger partial charge in [-0.2, -0.15) is 0 Å². The van der Waals surface area contributed by atoms with E-state index in [1.54, 1.807) is 6.07 Å². The van der Waals surface area contributed by atoms with E-state index in [2.05, 4.69) is 4.90 Å². The number of carbonyl (C=O) groups is 2. The summed E-state index contributed by atoms with van der Waals surface area (Å²) in [6.07, 6.45) is 0. The van der Waals surface area contributed by atoms with Gasteiger partial charge in [0.05, 0.1) is 29.8 Å². The van der Waals surface area contributed by atoms with Crippen LogP contribution in [0, 0.1) is 10.1 Å². The Hall–Kier alpha value is -2.78. The SMILES string of the molecule is CC(=O)C1=C(O)C(=O)N(CCN2CCOCC2)[C@@H]1c1cccc([N+](=O)[O-])c1. The molecular weight excluding hydrogens is 354 g/mol. The van der Waals surface area contributed by atoms with Crippen molar-refractivity contribution in [3.63, 3.8) is 0 Å². The number of morpholine rings is 1. The quantitative estimate of drug-likeness (QED) is 0.587. The van der Waals surface area contributed by atoms with Crippen molar-refractivity contribution in [2.24, 2.45) is 0 Å². The van der Waals surface area contributed by atoms with Gasteiger partial charge in [-0.25, -0.2) is 0 Å². The molecule has 0 aliphatic carbocycles. The van der Waals surface area contributed by atoms with Gasteiger partial charge in [0.15, 0.2) is 11.5 Å². The zero-order valence-electron chi connectivity index (χ0n) is 15.0. The number of aliphatic hydroxyl groups excluding tert-OH is 1. The van der Waals surface area contributed by atoms with Crippen molar-refractivity contribution in [2.75, 3.05) is 39.4 Å². The normalized spacial score (nSPS) is 21.0. The molecule has 2 heterocycles. The predicted molar refractivity (Wildman–Crippen MR) is 95.1 cm³/mol. The molecule has 0 spiro atoms. The second-order valence-electron chi connectivity index (χ2n) is 6.53. The Morgan fingerprint density at radius 2 is 2.04 bits per heavy atom. The highest BCUT2D eigenvalue weighted by atomic mass is 16.6. The first-order valence-corrected chi connectivity index (χ1v) is 8.69. The average Bonchev–Trinajstić information content (AvgIpc) is 2.92. The summed E-state index contributed by atoms with van der Waals surface area (Å²) in [6.45, 7) is 4.82. The molecule has 0 unspecified atom stereocenters.